The van der Waals surface area contributed by atoms with Gasteiger partial charge in [-0.05, 0) is 32.0 Å². The van der Waals surface area contributed by atoms with Crippen LogP contribution < -0.4 is 4.90 Å². The molecule has 0 bridgehead atoms. The van der Waals surface area contributed by atoms with Crippen molar-refractivity contribution in [1.29, 1.82) is 0 Å². The molecule has 4 nitrogen and oxygen atoms in total. The highest BCUT2D eigenvalue weighted by Gasteiger charge is 2.32. The highest BCUT2D eigenvalue weighted by Crippen LogP contribution is 2.31. The molecular weight excluding hydrogens is 254 g/mol. The van der Waals surface area contributed by atoms with Crippen LogP contribution >= 0.6 is 11.6 Å². The number of nitrogens with zero attached hydrogens (tertiary/aromatic N) is 1. The molecule has 98 valence electrons. The number of benzene rings is 1. The van der Waals surface area contributed by atoms with Gasteiger partial charge in [-0.25, -0.2) is 4.79 Å². The Bertz CT molecular complexity index is 473. The minimum Gasteiger partial charge on any atom is -0.478 e. The van der Waals surface area contributed by atoms with Crippen molar-refractivity contribution in [3.05, 3.63) is 28.8 Å². The second-order valence-electron chi connectivity index (χ2n) is 4.98. The van der Waals surface area contributed by atoms with Crippen molar-refractivity contribution in [2.24, 2.45) is 0 Å². The molecule has 0 amide bonds. The Morgan fingerprint density at radius 1 is 1.50 bits per heavy atom. The molecule has 18 heavy (non-hydrogen) atoms. The van der Waals surface area contributed by atoms with Crippen molar-refractivity contribution in [2.45, 2.75) is 19.4 Å². The lowest BCUT2D eigenvalue weighted by atomic mass is 9.99. The van der Waals surface area contributed by atoms with Gasteiger partial charge in [0.15, 0.2) is 0 Å². The van der Waals surface area contributed by atoms with Crippen molar-refractivity contribution >= 4 is 23.3 Å². The number of aromatic carboxylic acids is 1. The first-order chi connectivity index (χ1) is 8.42. The Balaban J connectivity index is 2.46. The van der Waals surface area contributed by atoms with E-state index in [2.05, 4.69) is 4.90 Å². The van der Waals surface area contributed by atoms with Crippen LogP contribution in [0.5, 0.6) is 0 Å². The lowest BCUT2D eigenvalue weighted by molar-refractivity contribution is 0.0629. The van der Waals surface area contributed by atoms with Gasteiger partial charge in [0.25, 0.3) is 0 Å². The Hall–Kier alpha value is -1.26. The third-order valence-corrected chi connectivity index (χ3v) is 3.36. The van der Waals surface area contributed by atoms with Gasteiger partial charge in [-0.15, -0.1) is 0 Å². The van der Waals surface area contributed by atoms with Crippen LogP contribution in [-0.2, 0) is 4.74 Å². The first kappa shape index (κ1) is 13.2. The molecule has 0 atom stereocenters. The molecule has 0 unspecified atom stereocenters. The van der Waals surface area contributed by atoms with Gasteiger partial charge in [-0.1, -0.05) is 11.6 Å². The second kappa shape index (κ2) is 4.78. The van der Waals surface area contributed by atoms with Gasteiger partial charge < -0.3 is 14.7 Å². The zero-order chi connectivity index (χ0) is 13.3. The molecule has 5 heteroatoms. The van der Waals surface area contributed by atoms with E-state index in [4.69, 9.17) is 16.3 Å². The number of carboxylic acid groups (broad SMARTS) is 1. The smallest absolute Gasteiger partial charge is 0.337 e. The molecule has 0 radical (unpaired) electrons. The minimum absolute atomic E-state index is 0.226. The van der Waals surface area contributed by atoms with Crippen LogP contribution in [0.3, 0.4) is 0 Å². The summed E-state index contributed by atoms with van der Waals surface area (Å²) in [5, 5.41) is 9.71. The van der Waals surface area contributed by atoms with E-state index < -0.39 is 5.97 Å². The standard InChI is InChI=1S/C13H16ClNO3/c1-13(2)8-18-6-5-15(13)11-4-3-9(14)7-10(11)12(16)17/h3-4,7H,5-6,8H2,1-2H3,(H,16,17). The zero-order valence-electron chi connectivity index (χ0n) is 10.4. The Labute approximate surface area is 111 Å². The summed E-state index contributed by atoms with van der Waals surface area (Å²) in [7, 11) is 0. The fourth-order valence-electron chi connectivity index (χ4n) is 2.22. The summed E-state index contributed by atoms with van der Waals surface area (Å²) >= 11 is 5.86. The van der Waals surface area contributed by atoms with Crippen molar-refractivity contribution < 1.29 is 14.6 Å². The second-order valence-corrected chi connectivity index (χ2v) is 5.42. The maximum atomic E-state index is 11.3. The summed E-state index contributed by atoms with van der Waals surface area (Å²) in [5.74, 6) is -0.963. The summed E-state index contributed by atoms with van der Waals surface area (Å²) in [4.78, 5) is 13.4. The Morgan fingerprint density at radius 3 is 2.83 bits per heavy atom. The lowest BCUT2D eigenvalue weighted by Gasteiger charge is -2.44. The molecule has 0 spiro atoms. The number of carbonyl (C=O) groups is 1. The number of halogens is 1. The van der Waals surface area contributed by atoms with Crippen LogP contribution in [0.2, 0.25) is 5.02 Å². The molecule has 1 heterocycles. The highest BCUT2D eigenvalue weighted by molar-refractivity contribution is 6.31. The van der Waals surface area contributed by atoms with E-state index >= 15 is 0 Å². The third kappa shape index (κ3) is 2.44. The number of rotatable bonds is 2. The number of morpholine rings is 1. The summed E-state index contributed by atoms with van der Waals surface area (Å²) in [6.07, 6.45) is 0. The van der Waals surface area contributed by atoms with E-state index in [1.165, 1.54) is 6.07 Å². The van der Waals surface area contributed by atoms with E-state index in [-0.39, 0.29) is 11.1 Å². The molecule has 1 aliphatic heterocycles. The molecule has 2 rings (SSSR count). The van der Waals surface area contributed by atoms with Gasteiger partial charge >= 0.3 is 5.97 Å². The Kier molecular flexibility index (Phi) is 3.50. The van der Waals surface area contributed by atoms with Gasteiger partial charge in [0.05, 0.1) is 30.0 Å². The SMILES string of the molecule is CC1(C)COCCN1c1ccc(Cl)cc1C(=O)O. The molecule has 1 saturated heterocycles. The van der Waals surface area contributed by atoms with Gasteiger partial charge in [-0.2, -0.15) is 0 Å². The normalized spacial score (nSPS) is 18.7. The van der Waals surface area contributed by atoms with Crippen LogP contribution in [0.15, 0.2) is 18.2 Å². The minimum atomic E-state index is -0.963. The summed E-state index contributed by atoms with van der Waals surface area (Å²) in [6, 6.07) is 4.97. The number of hydrogen-bond acceptors (Lipinski definition) is 3. The van der Waals surface area contributed by atoms with E-state index in [1.807, 2.05) is 13.8 Å². The molecular formula is C13H16ClNO3. The Morgan fingerprint density at radius 2 is 2.22 bits per heavy atom. The molecule has 1 N–H and O–H groups in total. The van der Waals surface area contributed by atoms with Crippen molar-refractivity contribution in [3.63, 3.8) is 0 Å². The fourth-order valence-corrected chi connectivity index (χ4v) is 2.39. The topological polar surface area (TPSA) is 49.8 Å². The third-order valence-electron chi connectivity index (χ3n) is 3.13. The molecule has 0 aliphatic carbocycles. The largest absolute Gasteiger partial charge is 0.478 e. The summed E-state index contributed by atoms with van der Waals surface area (Å²) in [5.41, 5.74) is 0.702. The van der Waals surface area contributed by atoms with E-state index in [1.54, 1.807) is 12.1 Å². The van der Waals surface area contributed by atoms with Crippen LogP contribution in [0.1, 0.15) is 24.2 Å². The van der Waals surface area contributed by atoms with Gasteiger partial charge in [-0.3, -0.25) is 0 Å². The van der Waals surface area contributed by atoms with E-state index in [0.717, 1.165) is 0 Å². The van der Waals surface area contributed by atoms with Gasteiger partial charge in [0.2, 0.25) is 0 Å². The maximum Gasteiger partial charge on any atom is 0.337 e. The molecule has 1 aliphatic rings. The summed E-state index contributed by atoms with van der Waals surface area (Å²) in [6.45, 7) is 5.92. The number of carboxylic acids is 1. The number of ether oxygens (including phenoxy) is 1. The predicted molar refractivity (Wildman–Crippen MR) is 70.7 cm³/mol. The molecule has 1 aromatic carbocycles. The quantitative estimate of drug-likeness (QED) is 0.897. The van der Waals surface area contributed by atoms with Gasteiger partial charge in [0, 0.05) is 11.6 Å². The average Bonchev–Trinajstić information content (AvgIpc) is 2.29. The number of hydrogen-bond donors (Lipinski definition) is 1. The van der Waals surface area contributed by atoms with Crippen LogP contribution in [-0.4, -0.2) is 36.4 Å². The fraction of sp³-hybridized carbons (Fsp3) is 0.462. The predicted octanol–water partition coefficient (Wildman–Crippen LogP) is 2.65. The molecule has 1 fully saturated rings. The zero-order valence-corrected chi connectivity index (χ0v) is 11.2. The van der Waals surface area contributed by atoms with E-state index in [9.17, 15) is 9.90 Å². The van der Waals surface area contributed by atoms with E-state index in [0.29, 0.717) is 30.5 Å². The highest BCUT2D eigenvalue weighted by atomic mass is 35.5. The van der Waals surface area contributed by atoms with Crippen molar-refractivity contribution in [1.82, 2.24) is 0 Å². The first-order valence-electron chi connectivity index (χ1n) is 5.80. The molecule has 0 aromatic heterocycles. The first-order valence-corrected chi connectivity index (χ1v) is 6.18. The van der Waals surface area contributed by atoms with Crippen LogP contribution in [0.4, 0.5) is 5.69 Å². The maximum absolute atomic E-state index is 11.3. The monoisotopic (exact) mass is 269 g/mol. The van der Waals surface area contributed by atoms with Crippen LogP contribution in [0.25, 0.3) is 0 Å². The van der Waals surface area contributed by atoms with Crippen molar-refractivity contribution in [2.75, 3.05) is 24.7 Å². The number of anilines is 1. The molecule has 0 saturated carbocycles. The van der Waals surface area contributed by atoms with Crippen LogP contribution in [0, 0.1) is 0 Å². The lowest BCUT2D eigenvalue weighted by Crippen LogP contribution is -2.53. The molecule has 1 aromatic rings. The van der Waals surface area contributed by atoms with Crippen molar-refractivity contribution in [3.8, 4) is 0 Å². The summed E-state index contributed by atoms with van der Waals surface area (Å²) < 4.78 is 5.45. The average molecular weight is 270 g/mol. The van der Waals surface area contributed by atoms with Gasteiger partial charge in [0.1, 0.15) is 0 Å².